The molecule has 0 atom stereocenters. The second-order valence-electron chi connectivity index (χ2n) is 5.96. The zero-order chi connectivity index (χ0) is 19.2. The van der Waals surface area contributed by atoms with Crippen LogP contribution in [-0.2, 0) is 6.18 Å². The highest BCUT2D eigenvalue weighted by molar-refractivity contribution is 5.93. The molecule has 8 heteroatoms. The molecular formula is C19H12F3N3O2. The van der Waals surface area contributed by atoms with Crippen molar-refractivity contribution in [2.75, 3.05) is 0 Å². The van der Waals surface area contributed by atoms with Gasteiger partial charge in [0.05, 0.1) is 10.9 Å². The zero-order valence-corrected chi connectivity index (χ0v) is 14.0. The normalized spacial score (nSPS) is 11.9. The summed E-state index contributed by atoms with van der Waals surface area (Å²) < 4.78 is 44.9. The molecule has 0 N–H and O–H groups in total. The van der Waals surface area contributed by atoms with Crippen molar-refractivity contribution >= 4 is 11.1 Å². The van der Waals surface area contributed by atoms with Crippen LogP contribution >= 0.6 is 0 Å². The first-order valence-corrected chi connectivity index (χ1v) is 7.97. The Kier molecular flexibility index (Phi) is 3.83. The zero-order valence-electron chi connectivity index (χ0n) is 14.0. The summed E-state index contributed by atoms with van der Waals surface area (Å²) in [6.07, 6.45) is -3.77. The Morgan fingerprint density at radius 3 is 2.44 bits per heavy atom. The van der Waals surface area contributed by atoms with Crippen LogP contribution in [-0.4, -0.2) is 14.8 Å². The molecule has 0 aliphatic carbocycles. The Morgan fingerprint density at radius 1 is 1.07 bits per heavy atom. The predicted molar refractivity (Wildman–Crippen MR) is 92.6 cm³/mol. The second-order valence-corrected chi connectivity index (χ2v) is 5.96. The van der Waals surface area contributed by atoms with Gasteiger partial charge in [-0.3, -0.25) is 0 Å². The molecule has 4 aromatic rings. The summed E-state index contributed by atoms with van der Waals surface area (Å²) >= 11 is 0. The molecule has 0 radical (unpaired) electrons. The first-order chi connectivity index (χ1) is 12.8. The van der Waals surface area contributed by atoms with E-state index in [1.807, 2.05) is 30.3 Å². The SMILES string of the molecule is Cc1cc(=O)oc2c1c(-c1ccccc1)nn2-c1ccc(C(F)(F)F)cn1. The molecule has 0 spiro atoms. The van der Waals surface area contributed by atoms with E-state index in [-0.39, 0.29) is 11.5 Å². The number of nitrogens with zero attached hydrogens (tertiary/aromatic N) is 3. The second kappa shape index (κ2) is 6.08. The van der Waals surface area contributed by atoms with E-state index < -0.39 is 17.4 Å². The molecule has 0 fully saturated rings. The maximum atomic E-state index is 12.8. The van der Waals surface area contributed by atoms with E-state index in [2.05, 4.69) is 10.1 Å². The fraction of sp³-hybridized carbons (Fsp3) is 0.105. The molecule has 0 aliphatic rings. The van der Waals surface area contributed by atoms with Gasteiger partial charge in [-0.25, -0.2) is 9.78 Å². The van der Waals surface area contributed by atoms with Gasteiger partial charge in [0.25, 0.3) is 0 Å². The molecule has 0 bridgehead atoms. The summed E-state index contributed by atoms with van der Waals surface area (Å²) in [5.41, 5.74) is 0.666. The molecule has 4 rings (SSSR count). The van der Waals surface area contributed by atoms with Crippen LogP contribution < -0.4 is 5.63 Å². The number of aromatic nitrogens is 3. The maximum absolute atomic E-state index is 12.8. The molecule has 5 nitrogen and oxygen atoms in total. The van der Waals surface area contributed by atoms with E-state index in [0.717, 1.165) is 17.8 Å². The molecule has 0 saturated carbocycles. The van der Waals surface area contributed by atoms with Crippen molar-refractivity contribution in [2.24, 2.45) is 0 Å². The average molecular weight is 371 g/mol. The van der Waals surface area contributed by atoms with Gasteiger partial charge in [-0.1, -0.05) is 30.3 Å². The summed E-state index contributed by atoms with van der Waals surface area (Å²) in [6.45, 7) is 1.75. The Balaban J connectivity index is 1.98. The van der Waals surface area contributed by atoms with Gasteiger partial charge in [-0.05, 0) is 24.6 Å². The number of rotatable bonds is 2. The lowest BCUT2D eigenvalue weighted by Crippen LogP contribution is -2.08. The van der Waals surface area contributed by atoms with Crippen molar-refractivity contribution in [3.63, 3.8) is 0 Å². The maximum Gasteiger partial charge on any atom is 0.417 e. The summed E-state index contributed by atoms with van der Waals surface area (Å²) in [5.74, 6) is 0.115. The quantitative estimate of drug-likeness (QED) is 0.525. The minimum Gasteiger partial charge on any atom is -0.403 e. The van der Waals surface area contributed by atoms with Crippen LogP contribution in [0.3, 0.4) is 0 Å². The van der Waals surface area contributed by atoms with Crippen molar-refractivity contribution < 1.29 is 17.6 Å². The topological polar surface area (TPSA) is 60.9 Å². The molecule has 0 amide bonds. The summed E-state index contributed by atoms with van der Waals surface area (Å²) in [5, 5.41) is 5.06. The van der Waals surface area contributed by atoms with E-state index >= 15 is 0 Å². The molecule has 136 valence electrons. The van der Waals surface area contributed by atoms with Gasteiger partial charge in [0.2, 0.25) is 5.71 Å². The fourth-order valence-electron chi connectivity index (χ4n) is 2.86. The van der Waals surface area contributed by atoms with Crippen LogP contribution in [0.5, 0.6) is 0 Å². The van der Waals surface area contributed by atoms with Gasteiger partial charge in [0, 0.05) is 17.8 Å². The minimum absolute atomic E-state index is 0.115. The Hall–Kier alpha value is -3.42. The van der Waals surface area contributed by atoms with Crippen molar-refractivity contribution in [1.29, 1.82) is 0 Å². The number of aryl methyl sites for hydroxylation is 1. The number of fused-ring (bicyclic) bond motifs is 1. The van der Waals surface area contributed by atoms with Crippen molar-refractivity contribution in [2.45, 2.75) is 13.1 Å². The smallest absolute Gasteiger partial charge is 0.403 e. The fourth-order valence-corrected chi connectivity index (χ4v) is 2.86. The number of benzene rings is 1. The Morgan fingerprint density at radius 2 is 1.81 bits per heavy atom. The van der Waals surface area contributed by atoms with E-state index in [0.29, 0.717) is 16.6 Å². The summed E-state index contributed by atoms with van der Waals surface area (Å²) in [4.78, 5) is 15.7. The number of hydrogen-bond donors (Lipinski definition) is 0. The van der Waals surface area contributed by atoms with Gasteiger partial charge in [0.15, 0.2) is 5.82 Å². The van der Waals surface area contributed by atoms with Crippen LogP contribution in [0.15, 0.2) is 63.9 Å². The van der Waals surface area contributed by atoms with Gasteiger partial charge in [-0.15, -0.1) is 0 Å². The van der Waals surface area contributed by atoms with E-state index in [1.165, 1.54) is 16.8 Å². The lowest BCUT2D eigenvalue weighted by Gasteiger charge is -2.07. The molecule has 3 heterocycles. The third-order valence-corrected chi connectivity index (χ3v) is 4.11. The van der Waals surface area contributed by atoms with Crippen LogP contribution in [0.4, 0.5) is 13.2 Å². The highest BCUT2D eigenvalue weighted by Crippen LogP contribution is 2.32. The largest absolute Gasteiger partial charge is 0.417 e. The molecule has 27 heavy (non-hydrogen) atoms. The number of halogens is 3. The molecule has 0 unspecified atom stereocenters. The third-order valence-electron chi connectivity index (χ3n) is 4.11. The van der Waals surface area contributed by atoms with Crippen molar-refractivity contribution in [3.8, 4) is 17.1 Å². The van der Waals surface area contributed by atoms with E-state index in [1.54, 1.807) is 6.92 Å². The standard InChI is InChI=1S/C19H12F3N3O2/c1-11-9-15(26)27-18-16(11)17(12-5-3-2-4-6-12)24-25(18)14-8-7-13(10-23-14)19(20,21)22/h2-10H,1H3. The lowest BCUT2D eigenvalue weighted by atomic mass is 10.1. The molecule has 0 saturated heterocycles. The Bertz CT molecular complexity index is 1180. The van der Waals surface area contributed by atoms with Crippen LogP contribution in [0.25, 0.3) is 28.2 Å². The van der Waals surface area contributed by atoms with Gasteiger partial charge in [0.1, 0.15) is 5.69 Å². The highest BCUT2D eigenvalue weighted by atomic mass is 19.4. The molecule has 0 aliphatic heterocycles. The monoisotopic (exact) mass is 371 g/mol. The average Bonchev–Trinajstić information content (AvgIpc) is 3.01. The van der Waals surface area contributed by atoms with Crippen molar-refractivity contribution in [3.05, 3.63) is 76.3 Å². The van der Waals surface area contributed by atoms with Crippen LogP contribution in [0.2, 0.25) is 0 Å². The van der Waals surface area contributed by atoms with E-state index in [9.17, 15) is 18.0 Å². The number of hydrogen-bond acceptors (Lipinski definition) is 4. The summed E-state index contributed by atoms with van der Waals surface area (Å²) in [6, 6.07) is 12.7. The molecule has 3 aromatic heterocycles. The van der Waals surface area contributed by atoms with Crippen LogP contribution in [0, 0.1) is 6.92 Å². The minimum atomic E-state index is -4.49. The van der Waals surface area contributed by atoms with Gasteiger partial charge in [-0.2, -0.15) is 23.0 Å². The lowest BCUT2D eigenvalue weighted by molar-refractivity contribution is -0.137. The number of alkyl halides is 3. The summed E-state index contributed by atoms with van der Waals surface area (Å²) in [7, 11) is 0. The third kappa shape index (κ3) is 2.99. The Labute approximate surface area is 150 Å². The van der Waals surface area contributed by atoms with Gasteiger partial charge >= 0.3 is 11.8 Å². The molecular weight excluding hydrogens is 359 g/mol. The predicted octanol–water partition coefficient (Wildman–Crippen LogP) is 4.37. The number of pyridine rings is 1. The van der Waals surface area contributed by atoms with Crippen molar-refractivity contribution in [1.82, 2.24) is 14.8 Å². The highest BCUT2D eigenvalue weighted by Gasteiger charge is 2.31. The first-order valence-electron chi connectivity index (χ1n) is 7.97. The molecule has 1 aromatic carbocycles. The van der Waals surface area contributed by atoms with E-state index in [4.69, 9.17) is 4.42 Å². The van der Waals surface area contributed by atoms with Gasteiger partial charge < -0.3 is 4.42 Å². The first kappa shape index (κ1) is 17.0. The van der Waals surface area contributed by atoms with Crippen LogP contribution in [0.1, 0.15) is 11.1 Å².